The zero-order valence-electron chi connectivity index (χ0n) is 10.1. The van der Waals surface area contributed by atoms with Gasteiger partial charge in [0.15, 0.2) is 0 Å². The second-order valence-corrected chi connectivity index (χ2v) is 4.82. The largest absolute Gasteiger partial charge is 0.366 e. The summed E-state index contributed by atoms with van der Waals surface area (Å²) in [6.45, 7) is 5.94. The summed E-state index contributed by atoms with van der Waals surface area (Å²) in [5.41, 5.74) is 7.55. The van der Waals surface area contributed by atoms with E-state index < -0.39 is 11.8 Å². The third-order valence-electron chi connectivity index (χ3n) is 2.50. The molecule has 0 atom stereocenters. The van der Waals surface area contributed by atoms with E-state index in [4.69, 9.17) is 10.9 Å². The number of nitrogens with one attached hydrogen (secondary N) is 1. The van der Waals surface area contributed by atoms with Crippen molar-refractivity contribution in [2.75, 3.05) is 0 Å². The standard InChI is InChI=1S/C12H16N2O3/c1-12(2,3)7-4-5-8(10(13)15)9(6-7)11(16)14-17/h4-6,17H,1-3H3,(H2,13,15)(H,14,16). The van der Waals surface area contributed by atoms with Gasteiger partial charge in [-0.25, -0.2) is 5.48 Å². The number of hydroxylamine groups is 1. The minimum Gasteiger partial charge on any atom is -0.366 e. The quantitative estimate of drug-likeness (QED) is 0.532. The van der Waals surface area contributed by atoms with Crippen LogP contribution in [0.25, 0.3) is 0 Å². The molecular formula is C12H16N2O3. The lowest BCUT2D eigenvalue weighted by molar-refractivity contribution is 0.0702. The number of hydrogen-bond donors (Lipinski definition) is 3. The van der Waals surface area contributed by atoms with E-state index >= 15 is 0 Å². The maximum Gasteiger partial charge on any atom is 0.275 e. The molecule has 0 radical (unpaired) electrons. The lowest BCUT2D eigenvalue weighted by atomic mass is 9.85. The fourth-order valence-corrected chi connectivity index (χ4v) is 1.47. The van der Waals surface area contributed by atoms with Crippen LogP contribution in [0.2, 0.25) is 0 Å². The van der Waals surface area contributed by atoms with Gasteiger partial charge in [0, 0.05) is 0 Å². The Labute approximate surface area is 99.6 Å². The van der Waals surface area contributed by atoms with E-state index in [1.807, 2.05) is 20.8 Å². The Morgan fingerprint density at radius 2 is 1.82 bits per heavy atom. The van der Waals surface area contributed by atoms with E-state index in [0.29, 0.717) is 0 Å². The Morgan fingerprint density at radius 1 is 1.24 bits per heavy atom. The molecule has 92 valence electrons. The van der Waals surface area contributed by atoms with Crippen LogP contribution in [0.3, 0.4) is 0 Å². The maximum absolute atomic E-state index is 11.4. The van der Waals surface area contributed by atoms with E-state index in [2.05, 4.69) is 0 Å². The molecule has 0 aliphatic rings. The van der Waals surface area contributed by atoms with Gasteiger partial charge >= 0.3 is 0 Å². The van der Waals surface area contributed by atoms with Crippen molar-refractivity contribution in [3.63, 3.8) is 0 Å². The molecule has 0 spiro atoms. The van der Waals surface area contributed by atoms with Crippen molar-refractivity contribution in [2.45, 2.75) is 26.2 Å². The Kier molecular flexibility index (Phi) is 3.53. The van der Waals surface area contributed by atoms with Gasteiger partial charge in [-0.3, -0.25) is 14.8 Å². The Hall–Kier alpha value is -1.88. The van der Waals surface area contributed by atoms with Crippen LogP contribution in [-0.2, 0) is 5.41 Å². The Bertz CT molecular complexity index is 461. The first-order valence-electron chi connectivity index (χ1n) is 5.16. The van der Waals surface area contributed by atoms with Gasteiger partial charge in [-0.15, -0.1) is 0 Å². The number of nitrogens with two attached hydrogens (primary N) is 1. The normalized spacial score (nSPS) is 11.1. The van der Waals surface area contributed by atoms with Gasteiger partial charge in [-0.1, -0.05) is 26.8 Å². The summed E-state index contributed by atoms with van der Waals surface area (Å²) in [7, 11) is 0. The van der Waals surface area contributed by atoms with E-state index in [0.717, 1.165) is 5.56 Å². The summed E-state index contributed by atoms with van der Waals surface area (Å²) in [5, 5.41) is 8.64. The van der Waals surface area contributed by atoms with Crippen molar-refractivity contribution in [1.82, 2.24) is 5.48 Å². The number of amides is 2. The summed E-state index contributed by atoms with van der Waals surface area (Å²) >= 11 is 0. The fourth-order valence-electron chi connectivity index (χ4n) is 1.47. The summed E-state index contributed by atoms with van der Waals surface area (Å²) in [6.07, 6.45) is 0. The van der Waals surface area contributed by atoms with Gasteiger partial charge in [0.25, 0.3) is 5.91 Å². The highest BCUT2D eigenvalue weighted by Crippen LogP contribution is 2.24. The van der Waals surface area contributed by atoms with E-state index in [1.165, 1.54) is 11.5 Å². The molecule has 0 bridgehead atoms. The number of hydrogen-bond acceptors (Lipinski definition) is 3. The summed E-state index contributed by atoms with van der Waals surface area (Å²) in [4.78, 5) is 22.6. The Balaban J connectivity index is 3.39. The third kappa shape index (κ3) is 2.82. The maximum atomic E-state index is 11.4. The molecule has 0 aromatic heterocycles. The second-order valence-electron chi connectivity index (χ2n) is 4.82. The van der Waals surface area contributed by atoms with Crippen molar-refractivity contribution >= 4 is 11.8 Å². The van der Waals surface area contributed by atoms with Crippen molar-refractivity contribution in [2.24, 2.45) is 5.73 Å². The number of primary amides is 1. The molecule has 17 heavy (non-hydrogen) atoms. The van der Waals surface area contributed by atoms with Crippen LogP contribution >= 0.6 is 0 Å². The minimum atomic E-state index is -0.745. The SMILES string of the molecule is CC(C)(C)c1ccc(C(N)=O)c(C(=O)NO)c1. The van der Waals surface area contributed by atoms with Crippen molar-refractivity contribution in [3.05, 3.63) is 34.9 Å². The number of rotatable bonds is 2. The van der Waals surface area contributed by atoms with Crippen LogP contribution in [0.4, 0.5) is 0 Å². The van der Waals surface area contributed by atoms with E-state index in [9.17, 15) is 9.59 Å². The molecule has 0 aliphatic heterocycles. The van der Waals surface area contributed by atoms with Crippen LogP contribution in [0.1, 0.15) is 47.1 Å². The molecule has 1 aromatic rings. The van der Waals surface area contributed by atoms with E-state index in [1.54, 1.807) is 12.1 Å². The van der Waals surface area contributed by atoms with Gasteiger partial charge in [-0.05, 0) is 23.1 Å². The molecular weight excluding hydrogens is 220 g/mol. The van der Waals surface area contributed by atoms with Crippen molar-refractivity contribution in [1.29, 1.82) is 0 Å². The topological polar surface area (TPSA) is 92.4 Å². The van der Waals surface area contributed by atoms with E-state index in [-0.39, 0.29) is 16.5 Å². The van der Waals surface area contributed by atoms with Crippen molar-refractivity contribution < 1.29 is 14.8 Å². The molecule has 1 aromatic carbocycles. The molecule has 2 amide bonds. The molecule has 5 heteroatoms. The minimum absolute atomic E-state index is 0.0763. The summed E-state index contributed by atoms with van der Waals surface area (Å²) < 4.78 is 0. The molecule has 4 N–H and O–H groups in total. The molecule has 0 saturated carbocycles. The predicted molar refractivity (Wildman–Crippen MR) is 62.9 cm³/mol. The molecule has 0 fully saturated rings. The zero-order valence-corrected chi connectivity index (χ0v) is 10.1. The second kappa shape index (κ2) is 4.55. The first-order valence-corrected chi connectivity index (χ1v) is 5.16. The van der Waals surface area contributed by atoms with Crippen LogP contribution in [-0.4, -0.2) is 17.0 Å². The predicted octanol–water partition coefficient (Wildman–Crippen LogP) is 1.20. The average molecular weight is 236 g/mol. The molecule has 0 aliphatic carbocycles. The molecule has 0 saturated heterocycles. The molecule has 0 heterocycles. The lowest BCUT2D eigenvalue weighted by Gasteiger charge is -2.20. The van der Waals surface area contributed by atoms with Crippen LogP contribution in [0, 0.1) is 0 Å². The highest BCUT2D eigenvalue weighted by molar-refractivity contribution is 6.06. The van der Waals surface area contributed by atoms with Gasteiger partial charge in [0.05, 0.1) is 11.1 Å². The number of carbonyl (C=O) groups is 2. The van der Waals surface area contributed by atoms with Gasteiger partial charge in [0.1, 0.15) is 0 Å². The van der Waals surface area contributed by atoms with Crippen LogP contribution < -0.4 is 11.2 Å². The number of carbonyl (C=O) groups excluding carboxylic acids is 2. The van der Waals surface area contributed by atoms with Crippen LogP contribution in [0.5, 0.6) is 0 Å². The first kappa shape index (κ1) is 13.2. The van der Waals surface area contributed by atoms with Crippen molar-refractivity contribution in [3.8, 4) is 0 Å². The van der Waals surface area contributed by atoms with Crippen LogP contribution in [0.15, 0.2) is 18.2 Å². The average Bonchev–Trinajstić information content (AvgIpc) is 2.25. The van der Waals surface area contributed by atoms with Gasteiger partial charge in [-0.2, -0.15) is 0 Å². The fraction of sp³-hybridized carbons (Fsp3) is 0.333. The van der Waals surface area contributed by atoms with Gasteiger partial charge < -0.3 is 5.73 Å². The monoisotopic (exact) mass is 236 g/mol. The summed E-state index contributed by atoms with van der Waals surface area (Å²) in [5.74, 6) is -1.45. The smallest absolute Gasteiger partial charge is 0.275 e. The molecule has 1 rings (SSSR count). The third-order valence-corrected chi connectivity index (χ3v) is 2.50. The molecule has 0 unspecified atom stereocenters. The Morgan fingerprint density at radius 3 is 2.24 bits per heavy atom. The number of benzene rings is 1. The molecule has 5 nitrogen and oxygen atoms in total. The lowest BCUT2D eigenvalue weighted by Crippen LogP contribution is -2.25. The van der Waals surface area contributed by atoms with Gasteiger partial charge in [0.2, 0.25) is 5.91 Å². The highest BCUT2D eigenvalue weighted by Gasteiger charge is 2.20. The summed E-state index contributed by atoms with van der Waals surface area (Å²) in [6, 6.07) is 4.80. The zero-order chi connectivity index (χ0) is 13.2. The first-order chi connectivity index (χ1) is 7.77. The highest BCUT2D eigenvalue weighted by atomic mass is 16.5.